The third-order valence-electron chi connectivity index (χ3n) is 3.26. The summed E-state index contributed by atoms with van der Waals surface area (Å²) in [6, 6.07) is 13.8. The van der Waals surface area contributed by atoms with Crippen LogP contribution in [-0.4, -0.2) is 13.0 Å². The molecule has 1 aromatic heterocycles. The van der Waals surface area contributed by atoms with Crippen LogP contribution in [0.2, 0.25) is 0 Å². The molecule has 0 atom stereocenters. The second-order valence-corrected chi connectivity index (χ2v) is 4.66. The number of hydrogen-bond donors (Lipinski definition) is 1. The van der Waals surface area contributed by atoms with E-state index in [9.17, 15) is 9.59 Å². The van der Waals surface area contributed by atoms with E-state index < -0.39 is 11.3 Å². The van der Waals surface area contributed by atoms with Gasteiger partial charge in [0.15, 0.2) is 0 Å². The molecular formula is C17H13NO4. The highest BCUT2D eigenvalue weighted by Crippen LogP contribution is 2.19. The van der Waals surface area contributed by atoms with Gasteiger partial charge in [0.05, 0.1) is 12.5 Å². The van der Waals surface area contributed by atoms with Gasteiger partial charge in [0.25, 0.3) is 5.91 Å². The van der Waals surface area contributed by atoms with Gasteiger partial charge in [-0.25, -0.2) is 0 Å². The van der Waals surface area contributed by atoms with Crippen LogP contribution < -0.4 is 15.5 Å². The van der Waals surface area contributed by atoms with Crippen molar-refractivity contribution in [1.29, 1.82) is 0 Å². The Balaban J connectivity index is 2.02. The van der Waals surface area contributed by atoms with E-state index in [1.165, 1.54) is 13.4 Å². The molecular weight excluding hydrogens is 282 g/mol. The molecule has 110 valence electrons. The number of ether oxygens (including phenoxy) is 1. The van der Waals surface area contributed by atoms with E-state index in [0.717, 1.165) is 0 Å². The lowest BCUT2D eigenvalue weighted by molar-refractivity contribution is 0.102. The Kier molecular flexibility index (Phi) is 3.62. The van der Waals surface area contributed by atoms with Gasteiger partial charge < -0.3 is 14.5 Å². The topological polar surface area (TPSA) is 68.5 Å². The van der Waals surface area contributed by atoms with Crippen molar-refractivity contribution in [1.82, 2.24) is 0 Å². The maximum Gasteiger partial charge on any atom is 0.262 e. The van der Waals surface area contributed by atoms with Crippen molar-refractivity contribution in [2.24, 2.45) is 0 Å². The molecule has 0 aliphatic carbocycles. The summed E-state index contributed by atoms with van der Waals surface area (Å²) in [5, 5.41) is 2.97. The Hall–Kier alpha value is -3.08. The number of carbonyl (C=O) groups is 1. The molecule has 2 aromatic carbocycles. The minimum Gasteiger partial charge on any atom is -0.497 e. The van der Waals surface area contributed by atoms with E-state index in [4.69, 9.17) is 9.15 Å². The molecule has 22 heavy (non-hydrogen) atoms. The van der Waals surface area contributed by atoms with Crippen molar-refractivity contribution >= 4 is 22.6 Å². The van der Waals surface area contributed by atoms with Gasteiger partial charge in [-0.05, 0) is 30.3 Å². The first-order valence-corrected chi connectivity index (χ1v) is 6.65. The number of nitrogens with one attached hydrogen (secondary N) is 1. The van der Waals surface area contributed by atoms with Gasteiger partial charge >= 0.3 is 0 Å². The van der Waals surface area contributed by atoms with Gasteiger partial charge in [-0.3, -0.25) is 9.59 Å². The number of rotatable bonds is 3. The maximum atomic E-state index is 12.5. The monoisotopic (exact) mass is 295 g/mol. The van der Waals surface area contributed by atoms with E-state index in [2.05, 4.69) is 5.32 Å². The molecule has 5 heteroatoms. The Morgan fingerprint density at radius 3 is 2.64 bits per heavy atom. The summed E-state index contributed by atoms with van der Waals surface area (Å²) in [5.41, 5.74) is 0.567. The second-order valence-electron chi connectivity index (χ2n) is 4.66. The van der Waals surface area contributed by atoms with Crippen LogP contribution in [0.1, 0.15) is 10.4 Å². The summed E-state index contributed by atoms with van der Waals surface area (Å²) >= 11 is 0. The Labute approximate surface area is 126 Å². The molecule has 1 heterocycles. The zero-order chi connectivity index (χ0) is 15.5. The number of para-hydroxylation sites is 1. The van der Waals surface area contributed by atoms with Crippen molar-refractivity contribution in [2.75, 3.05) is 12.4 Å². The molecule has 0 aliphatic rings. The van der Waals surface area contributed by atoms with Gasteiger partial charge in [0.1, 0.15) is 23.2 Å². The molecule has 3 rings (SSSR count). The van der Waals surface area contributed by atoms with Gasteiger partial charge in [-0.2, -0.15) is 0 Å². The average molecular weight is 295 g/mol. The molecule has 0 fully saturated rings. The molecule has 0 aliphatic heterocycles. The molecule has 1 N–H and O–H groups in total. The van der Waals surface area contributed by atoms with E-state index in [-0.39, 0.29) is 5.56 Å². The smallest absolute Gasteiger partial charge is 0.262 e. The van der Waals surface area contributed by atoms with E-state index in [1.807, 2.05) is 6.07 Å². The van der Waals surface area contributed by atoms with Crippen LogP contribution in [0.4, 0.5) is 5.69 Å². The van der Waals surface area contributed by atoms with E-state index in [0.29, 0.717) is 22.4 Å². The van der Waals surface area contributed by atoms with Crippen LogP contribution in [0.5, 0.6) is 5.75 Å². The number of fused-ring (bicyclic) bond motifs is 1. The number of hydrogen-bond acceptors (Lipinski definition) is 4. The third-order valence-corrected chi connectivity index (χ3v) is 3.26. The van der Waals surface area contributed by atoms with Crippen LogP contribution in [0, 0.1) is 0 Å². The third kappa shape index (κ3) is 2.56. The van der Waals surface area contributed by atoms with E-state index in [1.54, 1.807) is 42.5 Å². The summed E-state index contributed by atoms with van der Waals surface area (Å²) in [7, 11) is 1.51. The standard InChI is InChI=1S/C17H13NO4/c1-21-12-7-8-15-13(9-12)16(19)14(10-22-15)17(20)18-11-5-3-2-4-6-11/h2-10H,1H3,(H,18,20). The first-order valence-electron chi connectivity index (χ1n) is 6.65. The van der Waals surface area contributed by atoms with Crippen LogP contribution in [0.15, 0.2) is 64.0 Å². The Bertz CT molecular complexity index is 884. The lowest BCUT2D eigenvalue weighted by Crippen LogP contribution is -2.21. The molecule has 0 spiro atoms. The van der Waals surface area contributed by atoms with Gasteiger partial charge in [-0.1, -0.05) is 18.2 Å². The summed E-state index contributed by atoms with van der Waals surface area (Å²) in [5.74, 6) is 0.0186. The molecule has 0 saturated heterocycles. The number of amides is 1. The Morgan fingerprint density at radius 1 is 1.14 bits per heavy atom. The van der Waals surface area contributed by atoms with Crippen molar-refractivity contribution in [2.45, 2.75) is 0 Å². The number of carbonyl (C=O) groups excluding carboxylic acids is 1. The molecule has 0 radical (unpaired) electrons. The Morgan fingerprint density at radius 2 is 1.91 bits per heavy atom. The summed E-state index contributed by atoms with van der Waals surface area (Å²) in [6.07, 6.45) is 1.18. The highest BCUT2D eigenvalue weighted by Gasteiger charge is 2.15. The lowest BCUT2D eigenvalue weighted by Gasteiger charge is -2.06. The normalized spacial score (nSPS) is 10.4. The fourth-order valence-electron chi connectivity index (χ4n) is 2.11. The minimum absolute atomic E-state index is 0.0513. The fraction of sp³-hybridized carbons (Fsp3) is 0.0588. The van der Waals surface area contributed by atoms with Gasteiger partial charge in [0.2, 0.25) is 5.43 Å². The quantitative estimate of drug-likeness (QED) is 0.806. The number of benzene rings is 2. The summed E-state index contributed by atoms with van der Waals surface area (Å²) in [4.78, 5) is 24.7. The first kappa shape index (κ1) is 13.9. The van der Waals surface area contributed by atoms with Gasteiger partial charge in [-0.15, -0.1) is 0 Å². The number of anilines is 1. The predicted octanol–water partition coefficient (Wildman–Crippen LogP) is 3.05. The first-order chi connectivity index (χ1) is 10.7. The molecule has 0 unspecified atom stereocenters. The van der Waals surface area contributed by atoms with Crippen molar-refractivity contribution in [3.8, 4) is 5.75 Å². The second kappa shape index (κ2) is 5.73. The van der Waals surface area contributed by atoms with E-state index >= 15 is 0 Å². The fourth-order valence-corrected chi connectivity index (χ4v) is 2.11. The molecule has 3 aromatic rings. The summed E-state index contributed by atoms with van der Waals surface area (Å²) < 4.78 is 10.5. The SMILES string of the molecule is COc1ccc2occ(C(=O)Nc3ccccc3)c(=O)c2c1. The minimum atomic E-state index is -0.510. The molecule has 0 saturated carbocycles. The average Bonchev–Trinajstić information content (AvgIpc) is 2.56. The summed E-state index contributed by atoms with van der Waals surface area (Å²) in [6.45, 7) is 0. The van der Waals surface area contributed by atoms with Crippen molar-refractivity contribution < 1.29 is 13.9 Å². The maximum absolute atomic E-state index is 12.5. The van der Waals surface area contributed by atoms with Crippen LogP contribution in [-0.2, 0) is 0 Å². The highest BCUT2D eigenvalue weighted by atomic mass is 16.5. The van der Waals surface area contributed by atoms with Crippen LogP contribution in [0.3, 0.4) is 0 Å². The van der Waals surface area contributed by atoms with Crippen molar-refractivity contribution in [3.63, 3.8) is 0 Å². The zero-order valence-electron chi connectivity index (χ0n) is 11.8. The largest absolute Gasteiger partial charge is 0.497 e. The van der Waals surface area contributed by atoms with Crippen LogP contribution in [0.25, 0.3) is 11.0 Å². The van der Waals surface area contributed by atoms with Crippen LogP contribution >= 0.6 is 0 Å². The predicted molar refractivity (Wildman–Crippen MR) is 83.4 cm³/mol. The molecule has 1 amide bonds. The molecule has 5 nitrogen and oxygen atoms in total. The van der Waals surface area contributed by atoms with Crippen molar-refractivity contribution in [3.05, 3.63) is 70.6 Å². The van der Waals surface area contributed by atoms with Gasteiger partial charge in [0, 0.05) is 5.69 Å². The number of methoxy groups -OCH3 is 1. The lowest BCUT2D eigenvalue weighted by atomic mass is 10.1. The zero-order valence-corrected chi connectivity index (χ0v) is 11.8. The highest BCUT2D eigenvalue weighted by molar-refractivity contribution is 6.05. The molecule has 0 bridgehead atoms.